The number of methoxy groups -OCH3 is 1. The molecule has 6 nitrogen and oxygen atoms in total. The van der Waals surface area contributed by atoms with Gasteiger partial charge in [0.25, 0.3) is 0 Å². The standard InChI is InChI=1S/C23H33N5O.HI/c1-24-23(25-15-18-8-7-9-19(14-18)16-27(2)3)26-20-12-13-28(17-20)21-10-5-6-11-22(21)29-4;/h5-11,14,20H,12-13,15-17H2,1-4H3,(H2,24,25,26);1H. The maximum Gasteiger partial charge on any atom is 0.191 e. The first-order chi connectivity index (χ1) is 14.1. The first-order valence-corrected chi connectivity index (χ1v) is 10.2. The first-order valence-electron chi connectivity index (χ1n) is 10.2. The largest absolute Gasteiger partial charge is 0.495 e. The Labute approximate surface area is 197 Å². The third kappa shape index (κ3) is 6.77. The molecular weight excluding hydrogens is 489 g/mol. The molecule has 1 unspecified atom stereocenters. The second kappa shape index (κ2) is 12.0. The van der Waals surface area contributed by atoms with Crippen molar-refractivity contribution in [1.29, 1.82) is 0 Å². The van der Waals surface area contributed by atoms with Gasteiger partial charge in [-0.15, -0.1) is 24.0 Å². The van der Waals surface area contributed by atoms with Crippen molar-refractivity contribution in [3.8, 4) is 5.75 Å². The summed E-state index contributed by atoms with van der Waals surface area (Å²) >= 11 is 0. The van der Waals surface area contributed by atoms with E-state index >= 15 is 0 Å². The molecule has 0 radical (unpaired) electrons. The Morgan fingerprint density at radius 1 is 1.17 bits per heavy atom. The minimum atomic E-state index is 0. The summed E-state index contributed by atoms with van der Waals surface area (Å²) in [6.45, 7) is 3.63. The average molecular weight is 523 g/mol. The Morgan fingerprint density at radius 3 is 2.67 bits per heavy atom. The molecule has 0 aromatic heterocycles. The van der Waals surface area contributed by atoms with Crippen molar-refractivity contribution in [2.75, 3.05) is 46.2 Å². The van der Waals surface area contributed by atoms with Gasteiger partial charge in [0.1, 0.15) is 5.75 Å². The average Bonchev–Trinajstić information content (AvgIpc) is 3.19. The van der Waals surface area contributed by atoms with Crippen molar-refractivity contribution in [3.63, 3.8) is 0 Å². The molecule has 1 aliphatic rings. The Bertz CT molecular complexity index is 827. The summed E-state index contributed by atoms with van der Waals surface area (Å²) in [5, 5.41) is 7.02. The third-order valence-electron chi connectivity index (χ3n) is 5.13. The molecule has 2 N–H and O–H groups in total. The number of halogens is 1. The molecule has 1 fully saturated rings. The van der Waals surface area contributed by atoms with Crippen LogP contribution in [-0.4, -0.2) is 58.2 Å². The molecule has 0 amide bonds. The molecule has 0 bridgehead atoms. The fourth-order valence-electron chi connectivity index (χ4n) is 3.76. The zero-order valence-electron chi connectivity index (χ0n) is 18.4. The molecule has 0 aliphatic carbocycles. The van der Waals surface area contributed by atoms with Crippen molar-refractivity contribution in [2.45, 2.75) is 25.6 Å². The molecule has 0 spiro atoms. The molecule has 1 saturated heterocycles. The topological polar surface area (TPSA) is 52.1 Å². The lowest BCUT2D eigenvalue weighted by Crippen LogP contribution is -2.44. The van der Waals surface area contributed by atoms with Crippen LogP contribution in [0.5, 0.6) is 5.75 Å². The van der Waals surface area contributed by atoms with Crippen molar-refractivity contribution < 1.29 is 4.74 Å². The lowest BCUT2D eigenvalue weighted by Gasteiger charge is -2.22. The molecule has 2 aromatic rings. The summed E-state index contributed by atoms with van der Waals surface area (Å²) in [6.07, 6.45) is 1.07. The van der Waals surface area contributed by atoms with Gasteiger partial charge in [0.15, 0.2) is 5.96 Å². The van der Waals surface area contributed by atoms with Crippen LogP contribution in [0, 0.1) is 0 Å². The van der Waals surface area contributed by atoms with Crippen LogP contribution >= 0.6 is 24.0 Å². The van der Waals surface area contributed by atoms with E-state index in [1.54, 1.807) is 7.11 Å². The number of nitrogens with zero attached hydrogens (tertiary/aromatic N) is 3. The summed E-state index contributed by atoms with van der Waals surface area (Å²) in [6, 6.07) is 17.2. The van der Waals surface area contributed by atoms with E-state index in [1.165, 1.54) is 11.1 Å². The fraction of sp³-hybridized carbons (Fsp3) is 0.435. The van der Waals surface area contributed by atoms with Crippen molar-refractivity contribution in [2.24, 2.45) is 4.99 Å². The molecule has 1 atom stereocenters. The van der Waals surface area contributed by atoms with Gasteiger partial charge in [-0.1, -0.05) is 36.4 Å². The highest BCUT2D eigenvalue weighted by molar-refractivity contribution is 14.0. The number of hydrogen-bond donors (Lipinski definition) is 2. The van der Waals surface area contributed by atoms with Gasteiger partial charge >= 0.3 is 0 Å². The lowest BCUT2D eigenvalue weighted by atomic mass is 10.1. The van der Waals surface area contributed by atoms with Gasteiger partial charge in [-0.3, -0.25) is 4.99 Å². The van der Waals surface area contributed by atoms with Crippen LogP contribution in [0.1, 0.15) is 17.5 Å². The van der Waals surface area contributed by atoms with E-state index in [4.69, 9.17) is 4.74 Å². The number of para-hydroxylation sites is 2. The summed E-state index contributed by atoms with van der Waals surface area (Å²) in [5.74, 6) is 1.77. The van der Waals surface area contributed by atoms with Gasteiger partial charge in [0.2, 0.25) is 0 Å². The highest BCUT2D eigenvalue weighted by Crippen LogP contribution is 2.30. The maximum atomic E-state index is 5.52. The SMILES string of the molecule is CN=C(NCc1cccc(CN(C)C)c1)NC1CCN(c2ccccc2OC)C1.I. The van der Waals surface area contributed by atoms with Crippen LogP contribution in [-0.2, 0) is 13.1 Å². The molecule has 2 aromatic carbocycles. The Balaban J connectivity index is 0.00000320. The molecule has 3 rings (SSSR count). The van der Waals surface area contributed by atoms with E-state index in [0.29, 0.717) is 6.04 Å². The van der Waals surface area contributed by atoms with Crippen LogP contribution in [0.4, 0.5) is 5.69 Å². The molecule has 164 valence electrons. The molecule has 7 heteroatoms. The van der Waals surface area contributed by atoms with Crippen LogP contribution in [0.2, 0.25) is 0 Å². The van der Waals surface area contributed by atoms with Crippen molar-refractivity contribution in [1.82, 2.24) is 15.5 Å². The van der Waals surface area contributed by atoms with Gasteiger partial charge in [-0.05, 0) is 43.8 Å². The number of guanidine groups is 1. The van der Waals surface area contributed by atoms with Gasteiger partial charge in [-0.25, -0.2) is 0 Å². The van der Waals surface area contributed by atoms with E-state index in [2.05, 4.69) is 75.9 Å². The van der Waals surface area contributed by atoms with Crippen LogP contribution in [0.15, 0.2) is 53.5 Å². The number of ether oxygens (including phenoxy) is 1. The van der Waals surface area contributed by atoms with Crippen molar-refractivity contribution >= 4 is 35.6 Å². The van der Waals surface area contributed by atoms with Gasteiger partial charge in [0.05, 0.1) is 12.8 Å². The zero-order chi connectivity index (χ0) is 20.6. The second-order valence-corrected chi connectivity index (χ2v) is 7.73. The Hall–Kier alpha value is -2.00. The van der Waals surface area contributed by atoms with Crippen LogP contribution < -0.4 is 20.3 Å². The maximum absolute atomic E-state index is 5.52. The van der Waals surface area contributed by atoms with Gasteiger partial charge < -0.3 is 25.2 Å². The first kappa shape index (κ1) is 24.3. The normalized spacial score (nSPS) is 16.4. The van der Waals surface area contributed by atoms with Crippen LogP contribution in [0.3, 0.4) is 0 Å². The minimum Gasteiger partial charge on any atom is -0.495 e. The van der Waals surface area contributed by atoms with Crippen molar-refractivity contribution in [3.05, 3.63) is 59.7 Å². The molecule has 1 aliphatic heterocycles. The minimum absolute atomic E-state index is 0. The summed E-state index contributed by atoms with van der Waals surface area (Å²) in [4.78, 5) is 8.96. The zero-order valence-corrected chi connectivity index (χ0v) is 20.7. The highest BCUT2D eigenvalue weighted by atomic mass is 127. The predicted molar refractivity (Wildman–Crippen MR) is 136 cm³/mol. The number of rotatable bonds is 7. The van der Waals surface area contributed by atoms with E-state index in [-0.39, 0.29) is 24.0 Å². The number of anilines is 1. The monoisotopic (exact) mass is 523 g/mol. The molecule has 30 heavy (non-hydrogen) atoms. The van der Waals surface area contributed by atoms with Gasteiger partial charge in [0, 0.05) is 39.3 Å². The Kier molecular flexibility index (Phi) is 9.71. The van der Waals surface area contributed by atoms with E-state index in [1.807, 2.05) is 19.2 Å². The lowest BCUT2D eigenvalue weighted by molar-refractivity contribution is 0.402. The summed E-state index contributed by atoms with van der Waals surface area (Å²) in [7, 11) is 7.73. The van der Waals surface area contributed by atoms with E-state index in [0.717, 1.165) is 50.0 Å². The smallest absolute Gasteiger partial charge is 0.191 e. The molecule has 0 saturated carbocycles. The number of aliphatic imine (C=N–C) groups is 1. The van der Waals surface area contributed by atoms with Gasteiger partial charge in [-0.2, -0.15) is 0 Å². The van der Waals surface area contributed by atoms with E-state index in [9.17, 15) is 0 Å². The molecular formula is C23H34IN5O. The number of hydrogen-bond acceptors (Lipinski definition) is 4. The third-order valence-corrected chi connectivity index (χ3v) is 5.13. The number of nitrogens with one attached hydrogen (secondary N) is 2. The second-order valence-electron chi connectivity index (χ2n) is 7.73. The summed E-state index contributed by atoms with van der Waals surface area (Å²) in [5.41, 5.74) is 3.73. The quantitative estimate of drug-likeness (QED) is 0.332. The highest BCUT2D eigenvalue weighted by Gasteiger charge is 2.25. The number of benzene rings is 2. The Morgan fingerprint density at radius 2 is 1.93 bits per heavy atom. The molecule has 1 heterocycles. The fourth-order valence-corrected chi connectivity index (χ4v) is 3.76. The predicted octanol–water partition coefficient (Wildman–Crippen LogP) is 3.32. The van der Waals surface area contributed by atoms with E-state index < -0.39 is 0 Å². The van der Waals surface area contributed by atoms with Crippen LogP contribution in [0.25, 0.3) is 0 Å². The summed E-state index contributed by atoms with van der Waals surface area (Å²) < 4.78 is 5.52.